The minimum Gasteiger partial charge on any atom is -0.475 e. The lowest BCUT2D eigenvalue weighted by molar-refractivity contribution is -0.192. The van der Waals surface area contributed by atoms with E-state index >= 15 is 0 Å². The number of carboxylic acid groups (broad SMARTS) is 1. The molecular weight excluding hydrogens is 211 g/mol. The lowest BCUT2D eigenvalue weighted by Gasteiger charge is -2.29. The number of hydrogen-bond donors (Lipinski definition) is 2. The van der Waals surface area contributed by atoms with Gasteiger partial charge in [-0.2, -0.15) is 13.2 Å². The first-order chi connectivity index (χ1) is 6.79. The van der Waals surface area contributed by atoms with Crippen molar-refractivity contribution < 1.29 is 23.1 Å². The second kappa shape index (κ2) is 5.61. The molecule has 0 aromatic heterocycles. The Hall–Kier alpha value is -1.22. The van der Waals surface area contributed by atoms with Crippen molar-refractivity contribution in [2.24, 2.45) is 11.8 Å². The molecule has 6 heteroatoms. The Labute approximate surface area is 85.7 Å². The lowest BCUT2D eigenvalue weighted by Crippen LogP contribution is -2.45. The topological polar surface area (TPSA) is 49.3 Å². The Morgan fingerprint density at radius 3 is 2.07 bits per heavy atom. The van der Waals surface area contributed by atoms with Gasteiger partial charge in [0.2, 0.25) is 0 Å². The van der Waals surface area contributed by atoms with E-state index in [0.717, 1.165) is 19.0 Å². The van der Waals surface area contributed by atoms with Gasteiger partial charge in [-0.05, 0) is 5.92 Å². The number of carboxylic acids is 1. The Morgan fingerprint density at radius 2 is 2.00 bits per heavy atom. The van der Waals surface area contributed by atoms with Crippen LogP contribution in [0.15, 0.2) is 0 Å². The molecule has 1 atom stereocenters. The smallest absolute Gasteiger partial charge is 0.475 e. The van der Waals surface area contributed by atoms with Gasteiger partial charge < -0.3 is 10.4 Å². The Kier molecular flexibility index (Phi) is 5.15. The summed E-state index contributed by atoms with van der Waals surface area (Å²) in [6, 6.07) is 0. The van der Waals surface area contributed by atoms with Crippen molar-refractivity contribution in [1.82, 2.24) is 5.32 Å². The number of halogens is 3. The van der Waals surface area contributed by atoms with Crippen LogP contribution in [0.2, 0.25) is 0 Å². The predicted molar refractivity (Wildman–Crippen MR) is 48.0 cm³/mol. The highest BCUT2D eigenvalue weighted by atomic mass is 19.4. The zero-order valence-electron chi connectivity index (χ0n) is 8.14. The maximum Gasteiger partial charge on any atom is 0.490 e. The summed E-state index contributed by atoms with van der Waals surface area (Å²) in [4.78, 5) is 8.90. The molecule has 1 saturated heterocycles. The number of terminal acetylenes is 1. The van der Waals surface area contributed by atoms with Crippen LogP contribution in [0.4, 0.5) is 13.2 Å². The summed E-state index contributed by atoms with van der Waals surface area (Å²) in [6.45, 7) is 4.34. The van der Waals surface area contributed by atoms with Gasteiger partial charge in [0, 0.05) is 19.0 Å². The van der Waals surface area contributed by atoms with Crippen LogP contribution in [0, 0.1) is 24.2 Å². The summed E-state index contributed by atoms with van der Waals surface area (Å²) in [7, 11) is 0. The molecule has 0 amide bonds. The average molecular weight is 223 g/mol. The molecule has 1 fully saturated rings. The molecular formula is C9H12F3NO2. The van der Waals surface area contributed by atoms with E-state index in [2.05, 4.69) is 18.2 Å². The molecule has 3 nitrogen and oxygen atoms in total. The van der Waals surface area contributed by atoms with Crippen molar-refractivity contribution in [2.75, 3.05) is 13.1 Å². The van der Waals surface area contributed by atoms with Crippen molar-refractivity contribution in [2.45, 2.75) is 13.1 Å². The first-order valence-corrected chi connectivity index (χ1v) is 4.26. The number of hydrogen-bond acceptors (Lipinski definition) is 2. The van der Waals surface area contributed by atoms with Gasteiger partial charge in [-0.25, -0.2) is 4.79 Å². The van der Waals surface area contributed by atoms with Gasteiger partial charge >= 0.3 is 12.1 Å². The van der Waals surface area contributed by atoms with E-state index in [-0.39, 0.29) is 0 Å². The maximum absolute atomic E-state index is 10.6. The van der Waals surface area contributed by atoms with Crippen LogP contribution in [0.1, 0.15) is 6.92 Å². The third-order valence-corrected chi connectivity index (χ3v) is 2.03. The normalized spacial score (nSPS) is 17.8. The van der Waals surface area contributed by atoms with Gasteiger partial charge in [0.1, 0.15) is 0 Å². The predicted octanol–water partition coefficient (Wildman–Crippen LogP) is 1.11. The van der Waals surface area contributed by atoms with Crippen LogP contribution in [0.5, 0.6) is 0 Å². The Morgan fingerprint density at radius 1 is 1.60 bits per heavy atom. The van der Waals surface area contributed by atoms with E-state index in [9.17, 15) is 13.2 Å². The lowest BCUT2D eigenvalue weighted by atomic mass is 9.90. The molecule has 0 radical (unpaired) electrons. The highest BCUT2D eigenvalue weighted by Crippen LogP contribution is 2.13. The number of nitrogens with one attached hydrogen (secondary N) is 1. The minimum absolute atomic E-state index is 0.469. The zero-order chi connectivity index (χ0) is 12.1. The summed E-state index contributed by atoms with van der Waals surface area (Å²) in [6.07, 6.45) is 0.121. The van der Waals surface area contributed by atoms with E-state index in [1.165, 1.54) is 0 Å². The van der Waals surface area contributed by atoms with Gasteiger partial charge in [-0.15, -0.1) is 12.3 Å². The Bertz CT molecular complexity index is 253. The number of rotatable bonds is 1. The van der Waals surface area contributed by atoms with Crippen LogP contribution in [0.25, 0.3) is 0 Å². The first-order valence-electron chi connectivity index (χ1n) is 4.26. The zero-order valence-corrected chi connectivity index (χ0v) is 8.14. The molecule has 2 N–H and O–H groups in total. The molecule has 15 heavy (non-hydrogen) atoms. The molecule has 1 unspecified atom stereocenters. The van der Waals surface area contributed by atoms with Gasteiger partial charge in [0.05, 0.1) is 0 Å². The summed E-state index contributed by atoms with van der Waals surface area (Å²) >= 11 is 0. The van der Waals surface area contributed by atoms with Crippen LogP contribution in [-0.2, 0) is 4.79 Å². The van der Waals surface area contributed by atoms with E-state index in [1.54, 1.807) is 0 Å². The number of carbonyl (C=O) groups is 1. The molecule has 1 rings (SSSR count). The van der Waals surface area contributed by atoms with Gasteiger partial charge in [-0.3, -0.25) is 0 Å². The summed E-state index contributed by atoms with van der Waals surface area (Å²) in [5, 5.41) is 10.3. The van der Waals surface area contributed by atoms with Crippen molar-refractivity contribution >= 4 is 5.97 Å². The molecule has 0 saturated carbocycles. The highest BCUT2D eigenvalue weighted by molar-refractivity contribution is 5.73. The van der Waals surface area contributed by atoms with Crippen molar-refractivity contribution in [3.05, 3.63) is 0 Å². The molecule has 1 aliphatic rings. The average Bonchev–Trinajstić information content (AvgIpc) is 2.00. The minimum atomic E-state index is -5.08. The second-order valence-corrected chi connectivity index (χ2v) is 3.18. The quantitative estimate of drug-likeness (QED) is 0.655. The van der Waals surface area contributed by atoms with E-state index in [0.29, 0.717) is 5.92 Å². The highest BCUT2D eigenvalue weighted by Gasteiger charge is 2.38. The van der Waals surface area contributed by atoms with Crippen molar-refractivity contribution in [3.8, 4) is 12.3 Å². The molecule has 0 aliphatic carbocycles. The van der Waals surface area contributed by atoms with E-state index < -0.39 is 12.1 Å². The van der Waals surface area contributed by atoms with Crippen LogP contribution in [-0.4, -0.2) is 30.3 Å². The van der Waals surface area contributed by atoms with Gasteiger partial charge in [0.25, 0.3) is 0 Å². The molecule has 86 valence electrons. The van der Waals surface area contributed by atoms with Crippen LogP contribution < -0.4 is 5.32 Å². The number of alkyl halides is 3. The van der Waals surface area contributed by atoms with Crippen molar-refractivity contribution in [3.63, 3.8) is 0 Å². The summed E-state index contributed by atoms with van der Waals surface area (Å²) < 4.78 is 31.7. The monoisotopic (exact) mass is 223 g/mol. The summed E-state index contributed by atoms with van der Waals surface area (Å²) in [5.74, 6) is 1.19. The fourth-order valence-corrected chi connectivity index (χ4v) is 0.801. The molecule has 1 aliphatic heterocycles. The summed E-state index contributed by atoms with van der Waals surface area (Å²) in [5.41, 5.74) is 0. The van der Waals surface area contributed by atoms with Crippen molar-refractivity contribution in [1.29, 1.82) is 0 Å². The third-order valence-electron chi connectivity index (χ3n) is 2.03. The molecule has 0 aromatic rings. The fraction of sp³-hybridized carbons (Fsp3) is 0.667. The van der Waals surface area contributed by atoms with Gasteiger partial charge in [0.15, 0.2) is 0 Å². The van der Waals surface area contributed by atoms with Crippen LogP contribution >= 0.6 is 0 Å². The SMILES string of the molecule is C#CC(C)C1CNC1.O=C(O)C(F)(F)F. The van der Waals surface area contributed by atoms with Crippen LogP contribution in [0.3, 0.4) is 0 Å². The standard InChI is InChI=1S/C7H11N.C2HF3O2/c1-3-6(2)7-4-8-5-7;3-2(4,5)1(6)7/h1,6-8H,4-5H2,2H3;(H,6,7). The fourth-order valence-electron chi connectivity index (χ4n) is 0.801. The van der Waals surface area contributed by atoms with Gasteiger partial charge in [-0.1, -0.05) is 6.92 Å². The molecule has 0 bridgehead atoms. The second-order valence-electron chi connectivity index (χ2n) is 3.18. The molecule has 1 heterocycles. The van der Waals surface area contributed by atoms with E-state index in [4.69, 9.17) is 16.3 Å². The first kappa shape index (κ1) is 13.8. The third kappa shape index (κ3) is 5.27. The molecule has 0 spiro atoms. The Balaban J connectivity index is 0.000000265. The molecule has 0 aromatic carbocycles. The maximum atomic E-state index is 10.6. The van der Waals surface area contributed by atoms with E-state index in [1.807, 2.05) is 0 Å². The number of aliphatic carboxylic acids is 1. The largest absolute Gasteiger partial charge is 0.490 e.